The highest BCUT2D eigenvalue weighted by Gasteiger charge is 2.38. The monoisotopic (exact) mass is 578 g/mol. The third-order valence-corrected chi connectivity index (χ3v) is 6.56. The quantitative estimate of drug-likeness (QED) is 0.407. The summed E-state index contributed by atoms with van der Waals surface area (Å²) in [6, 6.07) is 14.0. The van der Waals surface area contributed by atoms with Crippen LogP contribution < -0.4 is 10.2 Å². The standard InChI is InChI=1S/C28H25F3N8O3/c1-16-21(14-33)23(18-10-8-17(13-32)9-11-18)39-25(38(16)20-7-5-6-19(12-20)28(29,30)31)35-24(36-39)34-22(40)15-37(26(41)42)27(2,3)4/h5-12,23H,15H2,1-4H3,(H,41,42)(H,34,36,40)/t23-/m1/s1. The first-order valence-corrected chi connectivity index (χ1v) is 12.5. The summed E-state index contributed by atoms with van der Waals surface area (Å²) in [4.78, 5) is 31.2. The van der Waals surface area contributed by atoms with E-state index in [1.165, 1.54) is 21.7 Å². The van der Waals surface area contributed by atoms with Gasteiger partial charge in [0, 0.05) is 16.9 Å². The Balaban J connectivity index is 1.85. The second-order valence-corrected chi connectivity index (χ2v) is 10.4. The summed E-state index contributed by atoms with van der Waals surface area (Å²) in [5.74, 6) is -1.00. The molecule has 2 heterocycles. The summed E-state index contributed by atoms with van der Waals surface area (Å²) < 4.78 is 42.0. The van der Waals surface area contributed by atoms with Crippen LogP contribution in [0.15, 0.2) is 59.8 Å². The Kier molecular flexibility index (Phi) is 7.68. The normalized spacial score (nSPS) is 15.0. The number of allylic oxidation sites excluding steroid dienone is 2. The molecule has 42 heavy (non-hydrogen) atoms. The zero-order valence-electron chi connectivity index (χ0n) is 22.9. The Labute approximate surface area is 238 Å². The number of nitrogens with zero attached hydrogens (tertiary/aromatic N) is 7. The van der Waals surface area contributed by atoms with Crippen LogP contribution in [-0.2, 0) is 11.0 Å². The number of hydrogen-bond donors (Lipinski definition) is 2. The second-order valence-electron chi connectivity index (χ2n) is 10.4. The van der Waals surface area contributed by atoms with Crippen molar-refractivity contribution in [2.24, 2.45) is 0 Å². The molecule has 1 atom stereocenters. The summed E-state index contributed by atoms with van der Waals surface area (Å²) in [6.45, 7) is 5.87. The van der Waals surface area contributed by atoms with E-state index < -0.39 is 41.9 Å². The van der Waals surface area contributed by atoms with Gasteiger partial charge in [0.25, 0.3) is 5.95 Å². The van der Waals surface area contributed by atoms with Crippen molar-refractivity contribution in [3.63, 3.8) is 0 Å². The fourth-order valence-electron chi connectivity index (χ4n) is 4.50. The number of alkyl halides is 3. The number of carbonyl (C=O) groups excluding carboxylic acids is 1. The molecular weight excluding hydrogens is 553 g/mol. The van der Waals surface area contributed by atoms with Gasteiger partial charge in [-0.2, -0.15) is 28.7 Å². The number of nitriles is 2. The Morgan fingerprint density at radius 3 is 2.31 bits per heavy atom. The molecule has 2 N–H and O–H groups in total. The number of fused-ring (bicyclic) bond motifs is 1. The molecule has 14 heteroatoms. The molecule has 0 bridgehead atoms. The minimum absolute atomic E-state index is 0.00129. The predicted octanol–water partition coefficient (Wildman–Crippen LogP) is 5.42. The zero-order chi connectivity index (χ0) is 31.0. The van der Waals surface area contributed by atoms with E-state index in [0.29, 0.717) is 11.1 Å². The molecule has 1 aliphatic rings. The molecule has 0 saturated carbocycles. The highest BCUT2D eigenvalue weighted by Crippen LogP contribution is 2.43. The van der Waals surface area contributed by atoms with Gasteiger partial charge in [-0.25, -0.2) is 9.48 Å². The van der Waals surface area contributed by atoms with Gasteiger partial charge in [-0.15, -0.1) is 5.10 Å². The lowest BCUT2D eigenvalue weighted by atomic mass is 9.95. The van der Waals surface area contributed by atoms with Crippen LogP contribution in [0, 0.1) is 22.7 Å². The summed E-state index contributed by atoms with van der Waals surface area (Å²) in [5, 5.41) is 35.8. The number of anilines is 3. The van der Waals surface area contributed by atoms with Crippen LogP contribution in [0.2, 0.25) is 0 Å². The van der Waals surface area contributed by atoms with E-state index >= 15 is 0 Å². The molecule has 216 valence electrons. The van der Waals surface area contributed by atoms with Gasteiger partial charge < -0.3 is 5.11 Å². The molecule has 11 nitrogen and oxygen atoms in total. The van der Waals surface area contributed by atoms with Gasteiger partial charge in [0.15, 0.2) is 0 Å². The summed E-state index contributed by atoms with van der Waals surface area (Å²) in [6.07, 6.45) is -5.95. The number of hydrogen-bond acceptors (Lipinski definition) is 7. The Hall–Kier alpha value is -5.37. The number of amides is 2. The molecule has 1 aliphatic heterocycles. The topological polar surface area (TPSA) is 151 Å². The van der Waals surface area contributed by atoms with Gasteiger partial charge >= 0.3 is 12.3 Å². The first-order chi connectivity index (χ1) is 19.6. The highest BCUT2D eigenvalue weighted by molar-refractivity contribution is 5.92. The molecule has 2 aromatic carbocycles. The number of halogens is 3. The van der Waals surface area contributed by atoms with Crippen molar-refractivity contribution in [1.82, 2.24) is 19.7 Å². The molecule has 0 fully saturated rings. The first kappa shape index (κ1) is 29.6. The van der Waals surface area contributed by atoms with E-state index in [0.717, 1.165) is 17.0 Å². The molecular formula is C28H25F3N8O3. The third-order valence-electron chi connectivity index (χ3n) is 6.56. The van der Waals surface area contributed by atoms with Gasteiger partial charge in [0.05, 0.1) is 28.8 Å². The van der Waals surface area contributed by atoms with Gasteiger partial charge in [-0.1, -0.05) is 18.2 Å². The Bertz CT molecular complexity index is 1660. The van der Waals surface area contributed by atoms with Crippen LogP contribution in [0.1, 0.15) is 50.4 Å². The van der Waals surface area contributed by atoms with Gasteiger partial charge in [-0.05, 0) is 63.6 Å². The molecule has 0 aliphatic carbocycles. The van der Waals surface area contributed by atoms with Crippen LogP contribution in [0.3, 0.4) is 0 Å². The summed E-state index contributed by atoms with van der Waals surface area (Å²) >= 11 is 0. The van der Waals surface area contributed by atoms with Crippen molar-refractivity contribution in [3.8, 4) is 12.1 Å². The van der Waals surface area contributed by atoms with Crippen molar-refractivity contribution >= 4 is 29.6 Å². The van der Waals surface area contributed by atoms with Crippen molar-refractivity contribution in [3.05, 3.63) is 76.5 Å². The summed E-state index contributed by atoms with van der Waals surface area (Å²) in [7, 11) is 0. The van der Waals surface area contributed by atoms with E-state index in [-0.39, 0.29) is 28.9 Å². The van der Waals surface area contributed by atoms with Crippen LogP contribution in [0.25, 0.3) is 0 Å². The van der Waals surface area contributed by atoms with Gasteiger partial charge in [0.1, 0.15) is 12.6 Å². The van der Waals surface area contributed by atoms with E-state index in [1.807, 2.05) is 6.07 Å². The molecule has 0 unspecified atom stereocenters. The maximum atomic E-state index is 13.6. The largest absolute Gasteiger partial charge is 0.465 e. The van der Waals surface area contributed by atoms with Crippen molar-refractivity contribution < 1.29 is 27.9 Å². The first-order valence-electron chi connectivity index (χ1n) is 12.5. The number of aromatic nitrogens is 3. The lowest BCUT2D eigenvalue weighted by molar-refractivity contribution is -0.137. The van der Waals surface area contributed by atoms with E-state index in [9.17, 15) is 38.4 Å². The fraction of sp³-hybridized carbons (Fsp3) is 0.286. The van der Waals surface area contributed by atoms with Crippen LogP contribution in [0.4, 0.5) is 35.5 Å². The second kappa shape index (κ2) is 10.9. The smallest absolute Gasteiger partial charge is 0.416 e. The zero-order valence-corrected chi connectivity index (χ0v) is 22.9. The maximum Gasteiger partial charge on any atom is 0.416 e. The number of nitrogens with one attached hydrogen (secondary N) is 1. The fourth-order valence-corrected chi connectivity index (χ4v) is 4.50. The van der Waals surface area contributed by atoms with Crippen LogP contribution >= 0.6 is 0 Å². The van der Waals surface area contributed by atoms with Crippen LogP contribution in [-0.4, -0.2) is 48.9 Å². The van der Waals surface area contributed by atoms with Crippen molar-refractivity contribution in [2.75, 3.05) is 16.8 Å². The van der Waals surface area contributed by atoms with Crippen LogP contribution in [0.5, 0.6) is 0 Å². The minimum Gasteiger partial charge on any atom is -0.465 e. The predicted molar refractivity (Wildman–Crippen MR) is 144 cm³/mol. The number of carboxylic acid groups (broad SMARTS) is 1. The molecule has 0 radical (unpaired) electrons. The van der Waals surface area contributed by atoms with Crippen molar-refractivity contribution in [2.45, 2.75) is 45.5 Å². The number of rotatable bonds is 5. The van der Waals surface area contributed by atoms with Crippen molar-refractivity contribution in [1.29, 1.82) is 10.5 Å². The van der Waals surface area contributed by atoms with E-state index in [4.69, 9.17) is 0 Å². The SMILES string of the molecule is CC1=C(C#N)[C@@H](c2ccc(C#N)cc2)n2nc(NC(=O)CN(C(=O)O)C(C)(C)C)nc2N1c1cccc(C(F)(F)F)c1. The lowest BCUT2D eigenvalue weighted by Gasteiger charge is -2.34. The van der Waals surface area contributed by atoms with Gasteiger partial charge in [-0.3, -0.25) is 19.9 Å². The number of carbonyl (C=O) groups is 2. The van der Waals surface area contributed by atoms with E-state index in [1.54, 1.807) is 52.0 Å². The highest BCUT2D eigenvalue weighted by atomic mass is 19.4. The molecule has 0 spiro atoms. The maximum absolute atomic E-state index is 13.6. The molecule has 1 aromatic heterocycles. The lowest BCUT2D eigenvalue weighted by Crippen LogP contribution is -2.48. The average molecular weight is 579 g/mol. The molecule has 0 saturated heterocycles. The average Bonchev–Trinajstić information content (AvgIpc) is 3.32. The minimum atomic E-state index is -4.64. The van der Waals surface area contributed by atoms with Gasteiger partial charge in [0.2, 0.25) is 11.9 Å². The third kappa shape index (κ3) is 5.74. The molecule has 4 rings (SSSR count). The summed E-state index contributed by atoms with van der Waals surface area (Å²) in [5.41, 5.74) is -0.463. The van der Waals surface area contributed by atoms with E-state index in [2.05, 4.69) is 21.5 Å². The number of benzene rings is 2. The molecule has 2 amide bonds. The Morgan fingerprint density at radius 1 is 1.10 bits per heavy atom. The molecule has 3 aromatic rings. The Morgan fingerprint density at radius 2 is 1.76 bits per heavy atom.